The molecule has 0 saturated carbocycles. The summed E-state index contributed by atoms with van der Waals surface area (Å²) in [5.41, 5.74) is 2.84. The lowest BCUT2D eigenvalue weighted by atomic mass is 9.68. The Morgan fingerprint density at radius 2 is 2.11 bits per heavy atom. The molecule has 2 heteroatoms. The third-order valence-electron chi connectivity index (χ3n) is 4.07. The standard InChI is InChI=1S/C17H28O2/c1-13(12-16(18-5)19-6)9-10-15-14(2)8-7-11-17(15,3)4/h8-10,15-16H,1,7,11-12H2,2-6H3/b10-9+. The third kappa shape index (κ3) is 4.63. The Hall–Kier alpha value is -0.860. The molecule has 0 saturated heterocycles. The molecule has 0 bridgehead atoms. The fraction of sp³-hybridized carbons (Fsp3) is 0.647. The van der Waals surface area contributed by atoms with Gasteiger partial charge in [-0.2, -0.15) is 0 Å². The van der Waals surface area contributed by atoms with Crippen LogP contribution in [-0.4, -0.2) is 20.5 Å². The molecule has 0 heterocycles. The molecule has 1 atom stereocenters. The van der Waals surface area contributed by atoms with E-state index in [9.17, 15) is 0 Å². The molecule has 0 aliphatic heterocycles. The SMILES string of the molecule is C=C(/C=C/C1C(C)=CCCC1(C)C)CC(OC)OC. The maximum absolute atomic E-state index is 5.20. The molecule has 0 aromatic carbocycles. The zero-order valence-electron chi connectivity index (χ0n) is 13.0. The van der Waals surface area contributed by atoms with Gasteiger partial charge in [-0.1, -0.05) is 49.8 Å². The Labute approximate surface area is 118 Å². The molecular weight excluding hydrogens is 236 g/mol. The maximum Gasteiger partial charge on any atom is 0.160 e. The summed E-state index contributed by atoms with van der Waals surface area (Å²) < 4.78 is 10.4. The van der Waals surface area contributed by atoms with Crippen LogP contribution in [-0.2, 0) is 9.47 Å². The number of rotatable bonds is 6. The number of hydrogen-bond donors (Lipinski definition) is 0. The molecule has 0 radical (unpaired) electrons. The smallest absolute Gasteiger partial charge is 0.160 e. The van der Waals surface area contributed by atoms with E-state index in [-0.39, 0.29) is 6.29 Å². The van der Waals surface area contributed by atoms with Gasteiger partial charge in [0.1, 0.15) is 0 Å². The first-order valence-corrected chi connectivity index (χ1v) is 6.99. The molecule has 0 spiro atoms. The molecule has 0 fully saturated rings. The van der Waals surface area contributed by atoms with Crippen LogP contribution in [0, 0.1) is 11.3 Å². The fourth-order valence-electron chi connectivity index (χ4n) is 2.76. The van der Waals surface area contributed by atoms with Gasteiger partial charge in [0.25, 0.3) is 0 Å². The summed E-state index contributed by atoms with van der Waals surface area (Å²) in [5, 5.41) is 0. The topological polar surface area (TPSA) is 18.5 Å². The average molecular weight is 264 g/mol. The van der Waals surface area contributed by atoms with Crippen molar-refractivity contribution >= 4 is 0 Å². The van der Waals surface area contributed by atoms with E-state index in [0.29, 0.717) is 17.8 Å². The second kappa shape index (κ2) is 7.06. The Morgan fingerprint density at radius 3 is 2.63 bits per heavy atom. The van der Waals surface area contributed by atoms with E-state index in [2.05, 4.69) is 45.6 Å². The second-order valence-electron chi connectivity index (χ2n) is 6.08. The molecule has 1 aliphatic carbocycles. The van der Waals surface area contributed by atoms with Crippen molar-refractivity contribution in [1.82, 2.24) is 0 Å². The van der Waals surface area contributed by atoms with Crippen molar-refractivity contribution in [3.63, 3.8) is 0 Å². The lowest BCUT2D eigenvalue weighted by Crippen LogP contribution is -2.26. The molecule has 1 aliphatic rings. The van der Waals surface area contributed by atoms with Gasteiger partial charge in [0.05, 0.1) is 0 Å². The monoisotopic (exact) mass is 264 g/mol. The van der Waals surface area contributed by atoms with E-state index >= 15 is 0 Å². The molecule has 0 aromatic rings. The Balaban J connectivity index is 2.66. The van der Waals surface area contributed by atoms with Crippen molar-refractivity contribution in [2.24, 2.45) is 11.3 Å². The molecule has 1 rings (SSSR count). The minimum absolute atomic E-state index is 0.201. The molecule has 0 amide bonds. The van der Waals surface area contributed by atoms with Crippen LogP contribution in [0.2, 0.25) is 0 Å². The summed E-state index contributed by atoms with van der Waals surface area (Å²) in [6.45, 7) is 11.0. The average Bonchev–Trinajstić information content (AvgIpc) is 2.34. The van der Waals surface area contributed by atoms with Gasteiger partial charge in [-0.3, -0.25) is 0 Å². The summed E-state index contributed by atoms with van der Waals surface area (Å²) in [5.74, 6) is 0.501. The number of methoxy groups -OCH3 is 2. The maximum atomic E-state index is 5.20. The molecular formula is C17H28O2. The highest BCUT2D eigenvalue weighted by Gasteiger charge is 2.30. The van der Waals surface area contributed by atoms with Gasteiger partial charge < -0.3 is 9.47 Å². The van der Waals surface area contributed by atoms with Gasteiger partial charge in [-0.15, -0.1) is 0 Å². The quantitative estimate of drug-likeness (QED) is 0.400. The van der Waals surface area contributed by atoms with Gasteiger partial charge in [-0.05, 0) is 25.2 Å². The largest absolute Gasteiger partial charge is 0.356 e. The molecule has 0 N–H and O–H groups in total. The minimum Gasteiger partial charge on any atom is -0.356 e. The Bertz CT molecular complexity index is 359. The molecule has 19 heavy (non-hydrogen) atoms. The van der Waals surface area contributed by atoms with Crippen LogP contribution in [0.15, 0.2) is 36.0 Å². The van der Waals surface area contributed by atoms with E-state index in [4.69, 9.17) is 9.47 Å². The lowest BCUT2D eigenvalue weighted by molar-refractivity contribution is -0.0996. The highest BCUT2D eigenvalue weighted by molar-refractivity contribution is 5.24. The first-order chi connectivity index (χ1) is 8.90. The van der Waals surface area contributed by atoms with Crippen LogP contribution in [0.25, 0.3) is 0 Å². The zero-order chi connectivity index (χ0) is 14.5. The summed E-state index contributed by atoms with van der Waals surface area (Å²) in [6.07, 6.45) is 9.71. The van der Waals surface area contributed by atoms with Crippen molar-refractivity contribution < 1.29 is 9.47 Å². The van der Waals surface area contributed by atoms with Gasteiger partial charge in [0.15, 0.2) is 6.29 Å². The van der Waals surface area contributed by atoms with E-state index in [1.165, 1.54) is 18.4 Å². The van der Waals surface area contributed by atoms with Crippen LogP contribution in [0.5, 0.6) is 0 Å². The first-order valence-electron chi connectivity index (χ1n) is 6.99. The summed E-state index contributed by atoms with van der Waals surface area (Å²) in [7, 11) is 3.31. The highest BCUT2D eigenvalue weighted by Crippen LogP contribution is 2.41. The van der Waals surface area contributed by atoms with E-state index in [1.54, 1.807) is 14.2 Å². The van der Waals surface area contributed by atoms with Crippen LogP contribution in [0.3, 0.4) is 0 Å². The van der Waals surface area contributed by atoms with Crippen LogP contribution < -0.4 is 0 Å². The van der Waals surface area contributed by atoms with E-state index in [1.807, 2.05) is 0 Å². The summed E-state index contributed by atoms with van der Waals surface area (Å²) in [4.78, 5) is 0. The normalized spacial score (nSPS) is 22.8. The number of ether oxygens (including phenoxy) is 2. The van der Waals surface area contributed by atoms with Crippen LogP contribution in [0.1, 0.15) is 40.0 Å². The van der Waals surface area contributed by atoms with Gasteiger partial charge in [0.2, 0.25) is 0 Å². The van der Waals surface area contributed by atoms with Gasteiger partial charge in [0, 0.05) is 26.6 Å². The van der Waals surface area contributed by atoms with Gasteiger partial charge >= 0.3 is 0 Å². The highest BCUT2D eigenvalue weighted by atomic mass is 16.7. The number of hydrogen-bond acceptors (Lipinski definition) is 2. The number of allylic oxidation sites excluding steroid dienone is 4. The van der Waals surface area contributed by atoms with Crippen molar-refractivity contribution in [1.29, 1.82) is 0 Å². The second-order valence-corrected chi connectivity index (χ2v) is 6.08. The lowest BCUT2D eigenvalue weighted by Gasteiger charge is -2.36. The first kappa shape index (κ1) is 16.2. The van der Waals surface area contributed by atoms with Crippen LogP contribution >= 0.6 is 0 Å². The van der Waals surface area contributed by atoms with Crippen molar-refractivity contribution in [2.75, 3.05) is 14.2 Å². The predicted octanol–water partition coefficient (Wildman–Crippen LogP) is 4.49. The molecule has 0 aromatic heterocycles. The van der Waals surface area contributed by atoms with Gasteiger partial charge in [-0.25, -0.2) is 0 Å². The molecule has 1 unspecified atom stereocenters. The summed E-state index contributed by atoms with van der Waals surface area (Å²) in [6, 6.07) is 0. The van der Waals surface area contributed by atoms with E-state index in [0.717, 1.165) is 5.57 Å². The Kier molecular flexibility index (Phi) is 6.02. The van der Waals surface area contributed by atoms with E-state index < -0.39 is 0 Å². The van der Waals surface area contributed by atoms with Crippen LogP contribution in [0.4, 0.5) is 0 Å². The summed E-state index contributed by atoms with van der Waals surface area (Å²) >= 11 is 0. The van der Waals surface area contributed by atoms with Crippen molar-refractivity contribution in [3.05, 3.63) is 36.0 Å². The third-order valence-corrected chi connectivity index (χ3v) is 4.07. The Morgan fingerprint density at radius 1 is 1.47 bits per heavy atom. The molecule has 108 valence electrons. The predicted molar refractivity (Wildman–Crippen MR) is 81.0 cm³/mol. The zero-order valence-corrected chi connectivity index (χ0v) is 13.0. The fourth-order valence-corrected chi connectivity index (χ4v) is 2.76. The van der Waals surface area contributed by atoms with Crippen molar-refractivity contribution in [2.45, 2.75) is 46.3 Å². The molecule has 2 nitrogen and oxygen atoms in total. The van der Waals surface area contributed by atoms with Crippen molar-refractivity contribution in [3.8, 4) is 0 Å². The minimum atomic E-state index is -0.201.